The fourth-order valence-electron chi connectivity index (χ4n) is 3.08. The van der Waals surface area contributed by atoms with Crippen LogP contribution in [0.2, 0.25) is 0 Å². The van der Waals surface area contributed by atoms with Gasteiger partial charge in [0.1, 0.15) is 18.4 Å². The Labute approximate surface area is 168 Å². The fourth-order valence-corrected chi connectivity index (χ4v) is 3.08. The van der Waals surface area contributed by atoms with Gasteiger partial charge in [0.05, 0.1) is 12.7 Å². The van der Waals surface area contributed by atoms with E-state index in [9.17, 15) is 4.79 Å². The molecule has 1 N–H and O–H groups in total. The van der Waals surface area contributed by atoms with E-state index >= 15 is 0 Å². The molecule has 4 aromatic rings. The van der Waals surface area contributed by atoms with Crippen LogP contribution < -0.4 is 10.1 Å². The van der Waals surface area contributed by atoms with Crippen LogP contribution in [-0.2, 0) is 6.42 Å². The Morgan fingerprint density at radius 2 is 1.97 bits per heavy atom. The highest BCUT2D eigenvalue weighted by Crippen LogP contribution is 2.26. The molecular weight excluding hydrogens is 366 g/mol. The van der Waals surface area contributed by atoms with Crippen molar-refractivity contribution in [3.05, 3.63) is 96.2 Å². The fraction of sp³-hybridized carbons (Fsp3) is 0.0909. The van der Waals surface area contributed by atoms with E-state index in [0.717, 1.165) is 16.9 Å². The lowest BCUT2D eigenvalue weighted by atomic mass is 10.0. The van der Waals surface area contributed by atoms with E-state index in [4.69, 9.17) is 4.74 Å². The zero-order valence-corrected chi connectivity index (χ0v) is 15.8. The van der Waals surface area contributed by atoms with E-state index in [1.807, 2.05) is 36.4 Å². The van der Waals surface area contributed by atoms with Crippen LogP contribution in [0.3, 0.4) is 0 Å². The van der Waals surface area contributed by atoms with Crippen LogP contribution in [0.15, 0.2) is 79.5 Å². The normalized spacial score (nSPS) is 10.5. The largest absolute Gasteiger partial charge is 0.496 e. The number of nitrogens with one attached hydrogen (secondary N) is 1. The molecule has 0 aliphatic carbocycles. The lowest BCUT2D eigenvalue weighted by molar-refractivity contribution is 0.102. The number of aromatic nitrogens is 4. The number of pyridine rings is 1. The second kappa shape index (κ2) is 8.35. The van der Waals surface area contributed by atoms with E-state index in [1.165, 1.54) is 17.3 Å². The average molecular weight is 385 g/mol. The van der Waals surface area contributed by atoms with Gasteiger partial charge in [0.15, 0.2) is 5.82 Å². The summed E-state index contributed by atoms with van der Waals surface area (Å²) in [5, 5.41) is 7.01. The summed E-state index contributed by atoms with van der Waals surface area (Å²) >= 11 is 0. The summed E-state index contributed by atoms with van der Waals surface area (Å²) in [4.78, 5) is 21.1. The zero-order chi connectivity index (χ0) is 20.1. The number of benzene rings is 2. The molecule has 7 nitrogen and oxygen atoms in total. The lowest BCUT2D eigenvalue weighted by Gasteiger charge is -2.13. The molecule has 7 heteroatoms. The predicted octanol–water partition coefficient (Wildman–Crippen LogP) is 3.51. The molecule has 0 saturated carbocycles. The van der Waals surface area contributed by atoms with E-state index in [1.54, 1.807) is 25.4 Å². The molecule has 0 atom stereocenters. The number of rotatable bonds is 6. The van der Waals surface area contributed by atoms with E-state index in [2.05, 4.69) is 32.5 Å². The molecule has 2 aromatic carbocycles. The SMILES string of the molecule is COc1ccc(NC(=O)c2cccnc2-n2cncn2)cc1Cc1ccccc1. The second-order valence-electron chi connectivity index (χ2n) is 6.36. The molecule has 0 spiro atoms. The van der Waals surface area contributed by atoms with Gasteiger partial charge in [-0.25, -0.2) is 14.6 Å². The van der Waals surface area contributed by atoms with Crippen LogP contribution in [0, 0.1) is 0 Å². The molecular formula is C22H19N5O2. The van der Waals surface area contributed by atoms with Crippen molar-refractivity contribution >= 4 is 11.6 Å². The predicted molar refractivity (Wildman–Crippen MR) is 109 cm³/mol. The Morgan fingerprint density at radius 3 is 2.72 bits per heavy atom. The minimum Gasteiger partial charge on any atom is -0.496 e. The number of ether oxygens (including phenoxy) is 1. The molecule has 29 heavy (non-hydrogen) atoms. The number of hydrogen-bond acceptors (Lipinski definition) is 5. The van der Waals surface area contributed by atoms with Crippen LogP contribution in [0.4, 0.5) is 5.69 Å². The number of anilines is 1. The van der Waals surface area contributed by atoms with Crippen molar-refractivity contribution in [1.82, 2.24) is 19.7 Å². The number of methoxy groups -OCH3 is 1. The van der Waals surface area contributed by atoms with Gasteiger partial charge in [-0.1, -0.05) is 30.3 Å². The highest BCUT2D eigenvalue weighted by molar-refractivity contribution is 6.06. The summed E-state index contributed by atoms with van der Waals surface area (Å²) < 4.78 is 6.95. The van der Waals surface area contributed by atoms with Gasteiger partial charge in [0.2, 0.25) is 0 Å². The van der Waals surface area contributed by atoms with Gasteiger partial charge in [0.25, 0.3) is 5.91 Å². The van der Waals surface area contributed by atoms with Gasteiger partial charge in [-0.3, -0.25) is 4.79 Å². The summed E-state index contributed by atoms with van der Waals surface area (Å²) in [5.74, 6) is 0.913. The molecule has 0 radical (unpaired) electrons. The van der Waals surface area contributed by atoms with Crippen LogP contribution >= 0.6 is 0 Å². The maximum Gasteiger partial charge on any atom is 0.259 e. The first-order chi connectivity index (χ1) is 14.2. The van der Waals surface area contributed by atoms with Crippen molar-refractivity contribution in [1.29, 1.82) is 0 Å². The molecule has 0 aliphatic heterocycles. The molecule has 4 rings (SSSR count). The lowest BCUT2D eigenvalue weighted by Crippen LogP contribution is -2.16. The first-order valence-electron chi connectivity index (χ1n) is 9.07. The van der Waals surface area contributed by atoms with E-state index in [-0.39, 0.29) is 5.91 Å². The maximum absolute atomic E-state index is 12.9. The van der Waals surface area contributed by atoms with Crippen LogP contribution in [0.25, 0.3) is 5.82 Å². The van der Waals surface area contributed by atoms with Crippen molar-refractivity contribution in [2.75, 3.05) is 12.4 Å². The summed E-state index contributed by atoms with van der Waals surface area (Å²) in [7, 11) is 1.64. The second-order valence-corrected chi connectivity index (χ2v) is 6.36. The van der Waals surface area contributed by atoms with Crippen molar-refractivity contribution in [3.8, 4) is 11.6 Å². The quantitative estimate of drug-likeness (QED) is 0.549. The van der Waals surface area contributed by atoms with Crippen molar-refractivity contribution in [3.63, 3.8) is 0 Å². The van der Waals surface area contributed by atoms with Crippen LogP contribution in [0.5, 0.6) is 5.75 Å². The van der Waals surface area contributed by atoms with Crippen molar-refractivity contribution in [2.24, 2.45) is 0 Å². The van der Waals surface area contributed by atoms with Crippen LogP contribution in [-0.4, -0.2) is 32.8 Å². The summed E-state index contributed by atoms with van der Waals surface area (Å²) in [5.41, 5.74) is 3.22. The molecule has 0 bridgehead atoms. The van der Waals surface area contributed by atoms with Gasteiger partial charge < -0.3 is 10.1 Å². The summed E-state index contributed by atoms with van der Waals surface area (Å²) in [6, 6.07) is 19.1. The van der Waals surface area contributed by atoms with E-state index < -0.39 is 0 Å². The summed E-state index contributed by atoms with van der Waals surface area (Å²) in [6.07, 6.45) is 5.21. The third kappa shape index (κ3) is 4.14. The number of carbonyl (C=O) groups is 1. The van der Waals surface area contributed by atoms with Gasteiger partial charge in [-0.2, -0.15) is 5.10 Å². The van der Waals surface area contributed by atoms with Crippen molar-refractivity contribution in [2.45, 2.75) is 6.42 Å². The molecule has 0 fully saturated rings. The highest BCUT2D eigenvalue weighted by Gasteiger charge is 2.15. The maximum atomic E-state index is 12.9. The third-order valence-corrected chi connectivity index (χ3v) is 4.44. The number of hydrogen-bond donors (Lipinski definition) is 1. The monoisotopic (exact) mass is 385 g/mol. The number of amides is 1. The Kier molecular flexibility index (Phi) is 5.29. The van der Waals surface area contributed by atoms with Gasteiger partial charge >= 0.3 is 0 Å². The Bertz CT molecular complexity index is 1110. The topological polar surface area (TPSA) is 81.9 Å². The molecule has 1 amide bonds. The Balaban J connectivity index is 1.60. The first-order valence-corrected chi connectivity index (χ1v) is 9.07. The Hall–Kier alpha value is -4.00. The molecule has 0 aliphatic rings. The molecule has 2 aromatic heterocycles. The molecule has 2 heterocycles. The highest BCUT2D eigenvalue weighted by atomic mass is 16.5. The molecule has 144 valence electrons. The van der Waals surface area contributed by atoms with Gasteiger partial charge in [-0.05, 0) is 35.9 Å². The molecule has 0 saturated heterocycles. The smallest absolute Gasteiger partial charge is 0.259 e. The molecule has 0 unspecified atom stereocenters. The van der Waals surface area contributed by atoms with Gasteiger partial charge in [0, 0.05) is 23.9 Å². The zero-order valence-electron chi connectivity index (χ0n) is 15.8. The third-order valence-electron chi connectivity index (χ3n) is 4.44. The number of carbonyl (C=O) groups excluding carboxylic acids is 1. The van der Waals surface area contributed by atoms with Crippen LogP contribution in [0.1, 0.15) is 21.5 Å². The summed E-state index contributed by atoms with van der Waals surface area (Å²) in [6.45, 7) is 0. The number of nitrogens with zero attached hydrogens (tertiary/aromatic N) is 4. The minimum atomic E-state index is -0.278. The van der Waals surface area contributed by atoms with Gasteiger partial charge in [-0.15, -0.1) is 0 Å². The standard InChI is InChI=1S/C22H19N5O2/c1-29-20-10-9-18(13-17(20)12-16-6-3-2-4-7-16)26-22(28)19-8-5-11-24-21(19)27-15-23-14-25-27/h2-11,13-15H,12H2,1H3,(H,26,28). The average Bonchev–Trinajstić information content (AvgIpc) is 3.29. The minimum absolute atomic E-state index is 0.278. The van der Waals surface area contributed by atoms with E-state index in [0.29, 0.717) is 23.5 Å². The van der Waals surface area contributed by atoms with Crippen molar-refractivity contribution < 1.29 is 9.53 Å². The Morgan fingerprint density at radius 1 is 1.10 bits per heavy atom. The first kappa shape index (κ1) is 18.4.